The lowest BCUT2D eigenvalue weighted by Gasteiger charge is -2.21. The van der Waals surface area contributed by atoms with E-state index >= 15 is 0 Å². The van der Waals surface area contributed by atoms with Crippen LogP contribution in [0.1, 0.15) is 157 Å². The Hall–Kier alpha value is -4.53. The molecule has 15 rings (SSSR count). The van der Waals surface area contributed by atoms with Gasteiger partial charge >= 0.3 is 33.1 Å². The summed E-state index contributed by atoms with van der Waals surface area (Å²) in [4.78, 5) is 97.5. The number of hydrogen-bond acceptors (Lipinski definition) is 35. The molecule has 13 N–H and O–H groups in total. The number of anilines is 2. The van der Waals surface area contributed by atoms with Crippen LogP contribution in [0.15, 0.2) is 24.9 Å². The first-order valence-corrected chi connectivity index (χ1v) is 51.6. The lowest BCUT2D eigenvalue weighted by molar-refractivity contribution is -0.194. The Morgan fingerprint density at radius 2 is 1.00 bits per heavy atom. The number of nitrogens with two attached hydrogens (primary N) is 1. The summed E-state index contributed by atoms with van der Waals surface area (Å²) < 4.78 is 91.0. The normalized spacial score (nSPS) is 26.5. The van der Waals surface area contributed by atoms with Gasteiger partial charge in [-0.3, -0.25) is 42.3 Å². The zero-order valence-electron chi connectivity index (χ0n) is 66.6. The van der Waals surface area contributed by atoms with Crippen molar-refractivity contribution in [1.82, 2.24) is 79.2 Å². The lowest BCUT2D eigenvalue weighted by Crippen LogP contribution is -2.33. The molecule has 12 heterocycles. The van der Waals surface area contributed by atoms with Gasteiger partial charge in [0.05, 0.1) is 66.5 Å². The molecule has 3 aliphatic carbocycles. The van der Waals surface area contributed by atoms with Crippen molar-refractivity contribution in [3.8, 4) is 0 Å². The van der Waals surface area contributed by atoms with Gasteiger partial charge in [0, 0.05) is 50.7 Å². The molecule has 4 saturated heterocycles. The van der Waals surface area contributed by atoms with E-state index in [0.717, 1.165) is 51.4 Å². The Morgan fingerprint density at radius 1 is 0.545 bits per heavy atom. The number of aromatic nitrogens is 16. The molecule has 7 fully saturated rings. The summed E-state index contributed by atoms with van der Waals surface area (Å²) in [5.41, 5.74) is 7.55. The molecule has 7 aliphatic rings. The molecule has 0 aromatic carbocycles. The van der Waals surface area contributed by atoms with Gasteiger partial charge in [0.1, 0.15) is 58.7 Å². The van der Waals surface area contributed by atoms with Crippen molar-refractivity contribution in [2.75, 3.05) is 35.7 Å². The minimum absolute atomic E-state index is 0.0198. The molecular weight excluding hydrogens is 1920 g/mol. The standard InChI is InChI=1S/C16H24ClN5O9P2.C15H20ClN5O4.C14H16Cl2N4O3.C11H18O5.C5H2Cl2N4.C5H11N.CH2Cl4O2P2/c17-16-20-13(19-8-3-1-2-4-8)10-14(21-16)22(6-18-10)15-12(24)11(23)9(31-15)5-30-33(28,29)7-32(25,26)27;16-15-19-12(18-7-3-1-2-4-7)8-5-17-21(13(8)20-15)14-11(24)10(23)9(6-22)25-14;1-4-9-6(2)10(22-7(3)21)13(23-9)20-12-8(5-17-20)11(15)18-14(16)19-12;1-5-9-6(2)10(14-7(3)12)11(16-9)15-8(4)13;6-3-2-1-8-11-4(2)10-5(7)9-3;6-5-3-1-2-4-5;2-8(3,6)1-9(4,5)7/h6,8-9,11-12,15,23-24H,1-5,7H2,(H,28,29)(H,19,20,21)(H2,25,26,27);5,7,9-11,14,22-24H,1-4,6H2,(H,18,19,20);5-6,9-10,13H,4H2,1-3H3;6,9-11H,5H2,1-4H3;1H,(H,8,9,10,11);5H,1-4,6H2;1H2/t9-,11-,12-,15-;9-,10-,11-,14-;6-,9-,10?,13-;6-,9-,10?,11-;;;/m1111.../s1. The Balaban J connectivity index is 0.000000172. The van der Waals surface area contributed by atoms with Crippen LogP contribution in [0.4, 0.5) is 11.6 Å². The Labute approximate surface area is 751 Å². The van der Waals surface area contributed by atoms with Gasteiger partial charge in [-0.15, -0.1) is 0 Å². The summed E-state index contributed by atoms with van der Waals surface area (Å²) in [6.07, 6.45) is 9.35. The maximum atomic E-state index is 11.9. The molecule has 3 saturated carbocycles. The molecule has 17 atom stereocenters. The molecule has 4 aliphatic heterocycles. The van der Waals surface area contributed by atoms with Crippen LogP contribution < -0.4 is 16.4 Å². The van der Waals surface area contributed by atoms with Crippen LogP contribution in [0.3, 0.4) is 0 Å². The highest BCUT2D eigenvalue weighted by molar-refractivity contribution is 8.21. The molecule has 0 spiro atoms. The van der Waals surface area contributed by atoms with Gasteiger partial charge < -0.3 is 94.3 Å². The van der Waals surface area contributed by atoms with Gasteiger partial charge in [-0.1, -0.05) is 89.4 Å². The van der Waals surface area contributed by atoms with Gasteiger partial charge in [-0.05, 0) is 143 Å². The SMILES string of the molecule is CC[C@H]1O[C@@H](OC(C)=O)C(OC(C)=O)[C@@H]1C.CC[C@H]1O[C@@H](n2ncc3c(Cl)nc(Cl)nc32)C(OC(C)=O)[C@@H]1C.Clc1nc(Cl)c2cn[nH]c2n1.NC1CCCC1.O=P(Cl)(Cl)CP(=O)(Cl)Cl.O=P(O)(O)CP(=O)(O)OC[C@H]1O[C@@H](n2cnc3c(NC4CCCC4)nc(Cl)nc32)[C@H](O)[C@@H]1O.OC[C@H]1O[C@@H](n2ncc3c(NC4CCCC4)nc(Cl)nc32)[C@H](O)[C@@H]1O. The smallest absolute Gasteiger partial charge is 0.340 e. The van der Waals surface area contributed by atoms with E-state index in [0.29, 0.717) is 67.5 Å². The molecular formula is C67H93Cl10N19O23P4. The number of H-pyrrole nitrogens is 1. The third-order valence-corrected chi connectivity index (χ3v) is 31.2. The number of halogens is 10. The van der Waals surface area contributed by atoms with Gasteiger partial charge in [0.25, 0.3) is 11.7 Å². The highest BCUT2D eigenvalue weighted by Crippen LogP contribution is 2.72. The van der Waals surface area contributed by atoms with E-state index in [2.05, 4.69) is 75.9 Å². The van der Waals surface area contributed by atoms with Crippen LogP contribution in [0, 0.1) is 11.8 Å². The first kappa shape index (κ1) is 102. The molecule has 56 heteroatoms. The minimum atomic E-state index is -4.81. The van der Waals surface area contributed by atoms with Crippen molar-refractivity contribution in [2.45, 2.75) is 242 Å². The fourth-order valence-corrected chi connectivity index (χ4v) is 27.0. The second-order valence-electron chi connectivity index (χ2n) is 29.4. The zero-order valence-corrected chi connectivity index (χ0v) is 77.7. The summed E-state index contributed by atoms with van der Waals surface area (Å²) >= 11 is 55.4. The van der Waals surface area contributed by atoms with Crippen molar-refractivity contribution in [3.05, 3.63) is 56.4 Å². The number of aliphatic hydroxyl groups is 5. The first-order valence-electron chi connectivity index (χ1n) is 38.4. The summed E-state index contributed by atoms with van der Waals surface area (Å²) in [5, 5.41) is 74.4. The predicted octanol–water partition coefficient (Wildman–Crippen LogP) is 12.3. The van der Waals surface area contributed by atoms with Gasteiger partial charge in [0.15, 0.2) is 70.7 Å². The van der Waals surface area contributed by atoms with Gasteiger partial charge in [-0.2, -0.15) is 45.2 Å². The van der Waals surface area contributed by atoms with Crippen molar-refractivity contribution < 1.29 is 111 Å². The molecule has 3 unspecified atom stereocenters. The molecule has 0 amide bonds. The topological polar surface area (TPSA) is 591 Å². The summed E-state index contributed by atoms with van der Waals surface area (Å²) in [5.74, 6) is -8.77. The Morgan fingerprint density at radius 3 is 1.52 bits per heavy atom. The lowest BCUT2D eigenvalue weighted by atomic mass is 9.98. The number of rotatable bonds is 20. The first-order chi connectivity index (χ1) is 57.8. The fourth-order valence-electron chi connectivity index (χ4n) is 14.3. The number of imidazole rings is 1. The number of aliphatic hydroxyl groups excluding tert-OH is 5. The van der Waals surface area contributed by atoms with Gasteiger partial charge in [-0.25, -0.2) is 24.3 Å². The van der Waals surface area contributed by atoms with Crippen molar-refractivity contribution in [2.24, 2.45) is 17.6 Å². The minimum Gasteiger partial charge on any atom is -0.457 e. The van der Waals surface area contributed by atoms with E-state index in [4.69, 9.17) is 168 Å². The average Bonchev–Trinajstić information content (AvgIpc) is 1.62. The summed E-state index contributed by atoms with van der Waals surface area (Å²) in [6, 6.07) is 1.11. The fraction of sp³-hybridized carbons (Fsp3) is 0.657. The number of carbonyl (C=O) groups is 3. The quantitative estimate of drug-likeness (QED) is 0.0111. The van der Waals surface area contributed by atoms with Crippen LogP contribution in [-0.2, 0) is 70.3 Å². The predicted molar refractivity (Wildman–Crippen MR) is 455 cm³/mol. The molecule has 0 bridgehead atoms. The number of hydrogen-bond donors (Lipinski definition) is 12. The summed E-state index contributed by atoms with van der Waals surface area (Å²) in [7, 11) is -9.47. The third kappa shape index (κ3) is 28.7. The van der Waals surface area contributed by atoms with Gasteiger partial charge in [0.2, 0.25) is 27.4 Å². The van der Waals surface area contributed by atoms with Crippen LogP contribution in [0.25, 0.3) is 44.3 Å². The Kier molecular flexibility index (Phi) is 37.7. The monoisotopic (exact) mass is 2010 g/mol. The number of esters is 3. The number of ether oxygens (including phenoxy) is 7. The molecule has 8 aromatic heterocycles. The number of nitrogens with one attached hydrogen (secondary N) is 3. The second-order valence-corrected chi connectivity index (χ2v) is 46.4. The van der Waals surface area contributed by atoms with Crippen molar-refractivity contribution in [1.29, 1.82) is 0 Å². The maximum Gasteiger partial charge on any atom is 0.340 e. The van der Waals surface area contributed by atoms with E-state index in [1.807, 2.05) is 27.7 Å². The van der Waals surface area contributed by atoms with E-state index in [1.54, 1.807) is 23.3 Å². The molecule has 123 heavy (non-hydrogen) atoms. The van der Waals surface area contributed by atoms with Crippen molar-refractivity contribution in [3.63, 3.8) is 0 Å². The largest absolute Gasteiger partial charge is 0.457 e. The number of nitrogens with zero attached hydrogens (tertiary/aromatic N) is 15. The van der Waals surface area contributed by atoms with E-state index in [1.165, 1.54) is 74.9 Å². The Bertz CT molecular complexity index is 5090. The number of fused-ring (bicyclic) bond motifs is 4. The highest BCUT2D eigenvalue weighted by Gasteiger charge is 2.50. The molecule has 8 aromatic rings. The van der Waals surface area contributed by atoms with Crippen LogP contribution in [-0.4, -0.2) is 248 Å². The van der Waals surface area contributed by atoms with E-state index in [9.17, 15) is 63.1 Å². The van der Waals surface area contributed by atoms with E-state index < -0.39 is 138 Å². The third-order valence-electron chi connectivity index (χ3n) is 20.0. The average molecular weight is 2010 g/mol. The van der Waals surface area contributed by atoms with Crippen molar-refractivity contribution >= 4 is 215 Å². The number of carbonyl (C=O) groups excluding carboxylic acids is 3. The highest BCUT2D eigenvalue weighted by atomic mass is 35.9. The second kappa shape index (κ2) is 45.3. The molecule has 42 nitrogen and oxygen atoms in total. The van der Waals surface area contributed by atoms with Crippen LogP contribution in [0.5, 0.6) is 0 Å². The van der Waals surface area contributed by atoms with Crippen LogP contribution >= 0.6 is 141 Å². The van der Waals surface area contributed by atoms with E-state index in [-0.39, 0.29) is 68.0 Å². The zero-order chi connectivity index (χ0) is 90.5. The molecule has 684 valence electrons. The molecule has 0 radical (unpaired) electrons. The number of aromatic amines is 1. The summed E-state index contributed by atoms with van der Waals surface area (Å²) in [6.45, 7) is 10.8. The maximum absolute atomic E-state index is 11.9. The van der Waals surface area contributed by atoms with Crippen LogP contribution in [0.2, 0.25) is 31.4 Å².